The molecule has 0 aromatic heterocycles. The summed E-state index contributed by atoms with van der Waals surface area (Å²) in [6.45, 7) is 14.3. The smallest absolute Gasteiger partial charge is 0.146 e. The number of likely N-dealkylation sites (N-methyl/N-ethyl adjacent to an activating group) is 2. The lowest BCUT2D eigenvalue weighted by Crippen LogP contribution is -2.35. The second kappa shape index (κ2) is 20.3. The number of nitrogens with two attached hydrogens (primary N) is 6. The van der Waals surface area contributed by atoms with Gasteiger partial charge >= 0.3 is 0 Å². The molecule has 0 unspecified atom stereocenters. The molecule has 0 saturated heterocycles. The molecular formula is C38H56N8O4. The molecule has 0 aliphatic heterocycles. The van der Waals surface area contributed by atoms with Crippen LogP contribution in [-0.2, 0) is 9.47 Å². The topological polar surface area (TPSA) is 200 Å². The van der Waals surface area contributed by atoms with Gasteiger partial charge in [0.1, 0.15) is 24.9 Å². The highest BCUT2D eigenvalue weighted by molar-refractivity contribution is 5.61. The number of nitrogens with zero attached hydrogens (tertiary/aromatic N) is 2. The standard InChI is InChI=1S/C20H30N4.C18H26N4O4/c1-5-23(17-7-9-19(21)15(3)13-17)11-12-24(6-2)18-8-10-20(22)16(4)14-18;19-13-2-4-15(21)17(10-13)25-7-1-6-23-12-24-8-9-26-18-11-14(20)3-5-16(18)22/h7-10,13-14H,5-6,11-12,21-22H2,1-4H3;2-5,10-11H,1,6-9,12,19-22H2. The summed E-state index contributed by atoms with van der Waals surface area (Å²) in [5.41, 5.74) is 43.6. The molecule has 0 atom stereocenters. The minimum Gasteiger partial charge on any atom is -0.491 e. The predicted octanol–water partition coefficient (Wildman–Crippen LogP) is 5.67. The Morgan fingerprint density at radius 1 is 0.500 bits per heavy atom. The third kappa shape index (κ3) is 12.7. The summed E-state index contributed by atoms with van der Waals surface area (Å²) in [7, 11) is 0. The predicted molar refractivity (Wildman–Crippen MR) is 210 cm³/mol. The van der Waals surface area contributed by atoms with Crippen LogP contribution >= 0.6 is 0 Å². The first-order chi connectivity index (χ1) is 24.0. The second-order valence-corrected chi connectivity index (χ2v) is 11.8. The van der Waals surface area contributed by atoms with Gasteiger partial charge in [-0.3, -0.25) is 0 Å². The maximum absolute atomic E-state index is 5.94. The zero-order chi connectivity index (χ0) is 36.5. The van der Waals surface area contributed by atoms with E-state index in [2.05, 4.69) is 61.8 Å². The van der Waals surface area contributed by atoms with Crippen molar-refractivity contribution in [3.8, 4) is 11.5 Å². The van der Waals surface area contributed by atoms with Crippen LogP contribution in [0.25, 0.3) is 0 Å². The Balaban J connectivity index is 0.000000271. The number of ether oxygens (including phenoxy) is 4. The molecule has 4 aromatic carbocycles. The van der Waals surface area contributed by atoms with E-state index in [-0.39, 0.29) is 6.79 Å². The number of benzene rings is 4. The van der Waals surface area contributed by atoms with Gasteiger partial charge in [-0.05, 0) is 99.5 Å². The summed E-state index contributed by atoms with van der Waals surface area (Å²) < 4.78 is 21.8. The van der Waals surface area contributed by atoms with Crippen molar-refractivity contribution in [2.45, 2.75) is 34.1 Å². The van der Waals surface area contributed by atoms with Crippen LogP contribution in [0.15, 0.2) is 72.8 Å². The number of anilines is 8. The van der Waals surface area contributed by atoms with Crippen molar-refractivity contribution in [2.75, 3.05) is 104 Å². The molecule has 12 nitrogen and oxygen atoms in total. The first-order valence-corrected chi connectivity index (χ1v) is 17.0. The molecule has 4 rings (SSSR count). The van der Waals surface area contributed by atoms with Gasteiger partial charge in [-0.25, -0.2) is 0 Å². The van der Waals surface area contributed by atoms with Crippen molar-refractivity contribution in [1.29, 1.82) is 0 Å². The van der Waals surface area contributed by atoms with Gasteiger partial charge in [0.25, 0.3) is 0 Å². The molecule has 272 valence electrons. The van der Waals surface area contributed by atoms with E-state index in [0.717, 1.165) is 48.7 Å². The van der Waals surface area contributed by atoms with Gasteiger partial charge in [-0.2, -0.15) is 0 Å². The highest BCUT2D eigenvalue weighted by Gasteiger charge is 2.10. The molecule has 12 N–H and O–H groups in total. The van der Waals surface area contributed by atoms with E-state index < -0.39 is 0 Å². The highest BCUT2D eigenvalue weighted by Crippen LogP contribution is 2.25. The Labute approximate surface area is 297 Å². The minimum atomic E-state index is 0.177. The van der Waals surface area contributed by atoms with Crippen molar-refractivity contribution in [1.82, 2.24) is 0 Å². The molecule has 0 aliphatic carbocycles. The first kappa shape index (κ1) is 39.2. The fourth-order valence-corrected chi connectivity index (χ4v) is 4.98. The molecule has 0 saturated carbocycles. The van der Waals surface area contributed by atoms with Crippen LogP contribution in [0.2, 0.25) is 0 Å². The maximum Gasteiger partial charge on any atom is 0.146 e. The molecule has 0 heterocycles. The van der Waals surface area contributed by atoms with E-state index in [4.69, 9.17) is 53.3 Å². The van der Waals surface area contributed by atoms with E-state index in [1.165, 1.54) is 11.4 Å². The molecule has 12 heteroatoms. The van der Waals surface area contributed by atoms with Gasteiger partial charge < -0.3 is 63.1 Å². The van der Waals surface area contributed by atoms with Crippen LogP contribution in [0.1, 0.15) is 31.4 Å². The van der Waals surface area contributed by atoms with E-state index in [0.29, 0.717) is 67.1 Å². The lowest BCUT2D eigenvalue weighted by Gasteiger charge is -2.29. The Morgan fingerprint density at radius 2 is 0.940 bits per heavy atom. The molecule has 0 spiro atoms. The zero-order valence-corrected chi connectivity index (χ0v) is 30.0. The summed E-state index contributed by atoms with van der Waals surface area (Å²) in [6, 6.07) is 22.8. The molecule has 50 heavy (non-hydrogen) atoms. The van der Waals surface area contributed by atoms with E-state index in [1.54, 1.807) is 36.4 Å². The highest BCUT2D eigenvalue weighted by atomic mass is 16.7. The van der Waals surface area contributed by atoms with Gasteiger partial charge in [0, 0.05) is 78.9 Å². The summed E-state index contributed by atoms with van der Waals surface area (Å²) in [5.74, 6) is 1.13. The molecule has 0 amide bonds. The Kier molecular flexibility index (Phi) is 16.0. The fourth-order valence-electron chi connectivity index (χ4n) is 4.98. The van der Waals surface area contributed by atoms with E-state index in [9.17, 15) is 0 Å². The maximum atomic E-state index is 5.94. The Morgan fingerprint density at radius 3 is 1.40 bits per heavy atom. The van der Waals surface area contributed by atoms with Gasteiger partial charge in [0.2, 0.25) is 0 Å². The lowest BCUT2D eigenvalue weighted by molar-refractivity contribution is -0.0622. The zero-order valence-electron chi connectivity index (χ0n) is 30.0. The van der Waals surface area contributed by atoms with Crippen molar-refractivity contribution in [2.24, 2.45) is 0 Å². The van der Waals surface area contributed by atoms with E-state index >= 15 is 0 Å². The van der Waals surface area contributed by atoms with Crippen LogP contribution in [0.5, 0.6) is 11.5 Å². The van der Waals surface area contributed by atoms with Gasteiger partial charge in [-0.15, -0.1) is 0 Å². The fraction of sp³-hybridized carbons (Fsp3) is 0.368. The Hall–Kier alpha value is -5.20. The third-order valence-corrected chi connectivity index (χ3v) is 8.06. The SMILES string of the molecule is CCN(CCN(CC)c1ccc(N)c(C)c1)c1ccc(N)c(C)c1.Nc1ccc(N)c(OCCCOCOCCOc2cc(N)ccc2N)c1. The summed E-state index contributed by atoms with van der Waals surface area (Å²) in [5, 5.41) is 0. The largest absolute Gasteiger partial charge is 0.491 e. The van der Waals surface area contributed by atoms with Crippen molar-refractivity contribution < 1.29 is 18.9 Å². The summed E-state index contributed by atoms with van der Waals surface area (Å²) in [6.07, 6.45) is 0.702. The molecule has 4 aromatic rings. The van der Waals surface area contributed by atoms with Crippen molar-refractivity contribution in [3.05, 3.63) is 83.9 Å². The first-order valence-electron chi connectivity index (χ1n) is 17.0. The lowest BCUT2D eigenvalue weighted by atomic mass is 10.1. The number of nitrogen functional groups attached to an aromatic ring is 6. The molecule has 0 aliphatic rings. The van der Waals surface area contributed by atoms with Crippen LogP contribution in [0, 0.1) is 13.8 Å². The average Bonchev–Trinajstić information content (AvgIpc) is 3.10. The third-order valence-electron chi connectivity index (χ3n) is 8.06. The minimum absolute atomic E-state index is 0.177. The van der Waals surface area contributed by atoms with Gasteiger partial charge in [-0.1, -0.05) is 0 Å². The quantitative estimate of drug-likeness (QED) is 0.0426. The average molecular weight is 689 g/mol. The summed E-state index contributed by atoms with van der Waals surface area (Å²) in [4.78, 5) is 4.78. The monoisotopic (exact) mass is 688 g/mol. The van der Waals surface area contributed by atoms with Crippen molar-refractivity contribution in [3.63, 3.8) is 0 Å². The number of rotatable bonds is 18. The summed E-state index contributed by atoms with van der Waals surface area (Å²) >= 11 is 0. The number of hydrogen-bond donors (Lipinski definition) is 6. The van der Waals surface area contributed by atoms with Gasteiger partial charge in [0.05, 0.1) is 31.2 Å². The van der Waals surface area contributed by atoms with Gasteiger partial charge in [0.15, 0.2) is 0 Å². The molecule has 0 radical (unpaired) electrons. The number of aryl methyl sites for hydroxylation is 2. The van der Waals surface area contributed by atoms with Crippen LogP contribution in [0.3, 0.4) is 0 Å². The molecular weight excluding hydrogens is 632 g/mol. The second-order valence-electron chi connectivity index (χ2n) is 11.8. The number of hydrogen-bond acceptors (Lipinski definition) is 12. The van der Waals surface area contributed by atoms with Crippen molar-refractivity contribution >= 4 is 45.5 Å². The molecule has 0 bridgehead atoms. The normalized spacial score (nSPS) is 10.6. The van der Waals surface area contributed by atoms with Crippen LogP contribution < -0.4 is 53.7 Å². The van der Waals surface area contributed by atoms with Crippen LogP contribution in [-0.4, -0.2) is 59.4 Å². The van der Waals surface area contributed by atoms with E-state index in [1.807, 2.05) is 12.1 Å². The Bertz CT molecular complexity index is 1500. The van der Waals surface area contributed by atoms with Crippen LogP contribution in [0.4, 0.5) is 45.5 Å². The molecule has 0 fully saturated rings.